The van der Waals surface area contributed by atoms with Gasteiger partial charge in [0.2, 0.25) is 0 Å². The van der Waals surface area contributed by atoms with Gasteiger partial charge in [-0.3, -0.25) is 0 Å². The number of rotatable bonds is 3. The topological polar surface area (TPSA) is 12.0 Å². The van der Waals surface area contributed by atoms with Crippen molar-refractivity contribution in [1.82, 2.24) is 5.32 Å². The Hall–Kier alpha value is -0.300. The number of nitrogens with one attached hydrogen (secondary N) is 1. The van der Waals surface area contributed by atoms with E-state index in [1.807, 2.05) is 6.07 Å². The molecule has 1 nitrogen and oxygen atoms in total. The molecule has 1 atom stereocenters. The molecular weight excluding hydrogens is 400 g/mol. The Balaban J connectivity index is 2.61. The highest BCUT2D eigenvalue weighted by Crippen LogP contribution is 2.39. The summed E-state index contributed by atoms with van der Waals surface area (Å²) in [7, 11) is 1.68. The Morgan fingerprint density at radius 2 is 1.95 bits per heavy atom. The average molecular weight is 411 g/mol. The van der Waals surface area contributed by atoms with E-state index in [1.165, 1.54) is 23.5 Å². The molecule has 2 aromatic rings. The second-order valence-corrected chi connectivity index (χ2v) is 7.84. The van der Waals surface area contributed by atoms with Crippen LogP contribution in [-0.4, -0.2) is 7.05 Å². The standard InChI is InChI=1S/C13H11Br2F2NS/c1-6-3-4-8(16)10(11(6)17)12(18-2)7-5-9(14)19-13(7)15/h3-5,12,18H,1-2H3. The van der Waals surface area contributed by atoms with Crippen LogP contribution in [0.1, 0.15) is 22.7 Å². The molecule has 0 saturated heterocycles. The largest absolute Gasteiger partial charge is 0.309 e. The number of thiophene rings is 1. The van der Waals surface area contributed by atoms with Crippen LogP contribution in [-0.2, 0) is 0 Å². The first-order valence-electron chi connectivity index (χ1n) is 5.52. The first-order chi connectivity index (χ1) is 8.95. The third kappa shape index (κ3) is 2.91. The van der Waals surface area contributed by atoms with E-state index < -0.39 is 17.7 Å². The van der Waals surface area contributed by atoms with Gasteiger partial charge < -0.3 is 5.32 Å². The fourth-order valence-electron chi connectivity index (χ4n) is 1.95. The molecule has 0 aliphatic rings. The minimum absolute atomic E-state index is 0.0495. The highest BCUT2D eigenvalue weighted by atomic mass is 79.9. The Kier molecular flexibility index (Phi) is 4.76. The molecule has 1 aromatic heterocycles. The summed E-state index contributed by atoms with van der Waals surface area (Å²) in [6.07, 6.45) is 0. The maximum Gasteiger partial charge on any atom is 0.134 e. The maximum absolute atomic E-state index is 14.2. The van der Waals surface area contributed by atoms with Crippen molar-refractivity contribution < 1.29 is 8.78 Å². The SMILES string of the molecule is CNC(c1cc(Br)sc1Br)c1c(F)ccc(C)c1F. The van der Waals surface area contributed by atoms with Gasteiger partial charge in [-0.25, -0.2) is 8.78 Å². The zero-order chi connectivity index (χ0) is 14.2. The molecule has 0 radical (unpaired) electrons. The zero-order valence-electron chi connectivity index (χ0n) is 10.2. The Bertz CT molecular complexity index is 613. The highest BCUT2D eigenvalue weighted by molar-refractivity contribution is 9.12. The van der Waals surface area contributed by atoms with Crippen molar-refractivity contribution in [2.45, 2.75) is 13.0 Å². The van der Waals surface area contributed by atoms with Crippen LogP contribution in [0.15, 0.2) is 25.8 Å². The first kappa shape index (κ1) is 15.1. The maximum atomic E-state index is 14.2. The number of benzene rings is 1. The van der Waals surface area contributed by atoms with E-state index in [1.54, 1.807) is 14.0 Å². The van der Waals surface area contributed by atoms with Crippen LogP contribution < -0.4 is 5.32 Å². The zero-order valence-corrected chi connectivity index (χ0v) is 14.2. The summed E-state index contributed by atoms with van der Waals surface area (Å²) in [6.45, 7) is 1.63. The van der Waals surface area contributed by atoms with Gasteiger partial charge in [-0.1, -0.05) is 6.07 Å². The van der Waals surface area contributed by atoms with Crippen molar-refractivity contribution >= 4 is 43.2 Å². The molecule has 6 heteroatoms. The van der Waals surface area contributed by atoms with Gasteiger partial charge in [0.25, 0.3) is 0 Å². The molecule has 19 heavy (non-hydrogen) atoms. The minimum Gasteiger partial charge on any atom is -0.309 e. The molecule has 1 N–H and O–H groups in total. The van der Waals surface area contributed by atoms with Gasteiger partial charge >= 0.3 is 0 Å². The van der Waals surface area contributed by atoms with Crippen LogP contribution in [0.4, 0.5) is 8.78 Å². The molecular formula is C13H11Br2F2NS. The fourth-order valence-corrected chi connectivity index (χ4v) is 4.85. The van der Waals surface area contributed by atoms with Gasteiger partial charge in [-0.05, 0) is 69.1 Å². The fraction of sp³-hybridized carbons (Fsp3) is 0.231. The van der Waals surface area contributed by atoms with Gasteiger partial charge in [0.15, 0.2) is 0 Å². The van der Waals surface area contributed by atoms with Gasteiger partial charge in [0.05, 0.1) is 13.6 Å². The Morgan fingerprint density at radius 3 is 2.47 bits per heavy atom. The number of hydrogen-bond acceptors (Lipinski definition) is 2. The molecule has 102 valence electrons. The number of aryl methyl sites for hydroxylation is 1. The van der Waals surface area contributed by atoms with Crippen LogP contribution >= 0.6 is 43.2 Å². The van der Waals surface area contributed by atoms with E-state index in [2.05, 4.69) is 37.2 Å². The van der Waals surface area contributed by atoms with Crippen LogP contribution in [0.2, 0.25) is 0 Å². The average Bonchev–Trinajstić information content (AvgIpc) is 2.69. The quantitative estimate of drug-likeness (QED) is 0.735. The lowest BCUT2D eigenvalue weighted by Gasteiger charge is -2.18. The van der Waals surface area contributed by atoms with E-state index in [4.69, 9.17) is 0 Å². The van der Waals surface area contributed by atoms with Gasteiger partial charge in [0.1, 0.15) is 11.6 Å². The second-order valence-electron chi connectivity index (χ2n) is 4.09. The Morgan fingerprint density at radius 1 is 1.26 bits per heavy atom. The lowest BCUT2D eigenvalue weighted by atomic mass is 9.98. The molecule has 0 spiro atoms. The molecule has 0 saturated carbocycles. The van der Waals surface area contributed by atoms with E-state index >= 15 is 0 Å². The van der Waals surface area contributed by atoms with Crippen molar-refractivity contribution in [3.05, 3.63) is 54.1 Å². The van der Waals surface area contributed by atoms with E-state index in [0.717, 1.165) is 13.1 Å². The summed E-state index contributed by atoms with van der Waals surface area (Å²) in [6, 6.07) is 4.07. The second kappa shape index (κ2) is 5.99. The molecule has 2 rings (SSSR count). The van der Waals surface area contributed by atoms with Crippen LogP contribution in [0.25, 0.3) is 0 Å². The summed E-state index contributed by atoms with van der Waals surface area (Å²) in [4.78, 5) is 0. The monoisotopic (exact) mass is 409 g/mol. The lowest BCUT2D eigenvalue weighted by molar-refractivity contribution is 0.517. The molecule has 1 unspecified atom stereocenters. The predicted octanol–water partition coefficient (Wildman–Crippen LogP) is 5.17. The van der Waals surface area contributed by atoms with Crippen LogP contribution in [0.3, 0.4) is 0 Å². The van der Waals surface area contributed by atoms with Crippen LogP contribution in [0, 0.1) is 18.6 Å². The van der Waals surface area contributed by atoms with Crippen LogP contribution in [0.5, 0.6) is 0 Å². The smallest absolute Gasteiger partial charge is 0.134 e. The van der Waals surface area contributed by atoms with Crippen molar-refractivity contribution in [2.75, 3.05) is 7.05 Å². The van der Waals surface area contributed by atoms with Crippen molar-refractivity contribution in [3.8, 4) is 0 Å². The third-order valence-electron chi connectivity index (χ3n) is 2.89. The molecule has 0 fully saturated rings. The highest BCUT2D eigenvalue weighted by Gasteiger charge is 2.24. The summed E-state index contributed by atoms with van der Waals surface area (Å²) in [5.41, 5.74) is 1.29. The number of hydrogen-bond donors (Lipinski definition) is 1. The van der Waals surface area contributed by atoms with Gasteiger partial charge in [-0.2, -0.15) is 0 Å². The van der Waals surface area contributed by atoms with E-state index in [-0.39, 0.29) is 5.56 Å². The minimum atomic E-state index is -0.545. The van der Waals surface area contributed by atoms with Crippen molar-refractivity contribution in [2.24, 2.45) is 0 Å². The van der Waals surface area contributed by atoms with Gasteiger partial charge in [-0.15, -0.1) is 11.3 Å². The van der Waals surface area contributed by atoms with Crippen molar-refractivity contribution in [3.63, 3.8) is 0 Å². The Labute approximate surface area is 131 Å². The third-order valence-corrected chi connectivity index (χ3v) is 5.28. The lowest BCUT2D eigenvalue weighted by Crippen LogP contribution is -2.20. The molecule has 0 bridgehead atoms. The van der Waals surface area contributed by atoms with Crippen molar-refractivity contribution in [1.29, 1.82) is 0 Å². The van der Waals surface area contributed by atoms with E-state index in [9.17, 15) is 8.78 Å². The summed E-state index contributed by atoms with van der Waals surface area (Å²) in [5.74, 6) is -1.05. The molecule has 0 aliphatic carbocycles. The molecule has 1 aromatic carbocycles. The predicted molar refractivity (Wildman–Crippen MR) is 81.7 cm³/mol. The summed E-state index contributed by atoms with van der Waals surface area (Å²) in [5, 5.41) is 2.97. The van der Waals surface area contributed by atoms with Gasteiger partial charge in [0, 0.05) is 5.56 Å². The summed E-state index contributed by atoms with van der Waals surface area (Å²) < 4.78 is 30.0. The molecule has 0 amide bonds. The molecule has 1 heterocycles. The summed E-state index contributed by atoms with van der Waals surface area (Å²) >= 11 is 8.28. The first-order valence-corrected chi connectivity index (χ1v) is 7.92. The molecule has 0 aliphatic heterocycles. The van der Waals surface area contributed by atoms with E-state index in [0.29, 0.717) is 5.56 Å². The number of halogens is 4. The normalized spacial score (nSPS) is 12.7.